The molecule has 0 radical (unpaired) electrons. The van der Waals surface area contributed by atoms with Gasteiger partial charge in [0.25, 0.3) is 0 Å². The quantitative estimate of drug-likeness (QED) is 0.554. The summed E-state index contributed by atoms with van der Waals surface area (Å²) in [6.07, 6.45) is 4.58. The van der Waals surface area contributed by atoms with E-state index < -0.39 is 27.8 Å². The Morgan fingerprint density at radius 2 is 1.88 bits per heavy atom. The van der Waals surface area contributed by atoms with Crippen molar-refractivity contribution in [3.63, 3.8) is 0 Å². The minimum atomic E-state index is -3.83. The molecule has 4 rings (SSSR count). The molecule has 2 atom stereocenters. The number of rotatable bonds is 7. The van der Waals surface area contributed by atoms with Gasteiger partial charge in [-0.2, -0.15) is 4.31 Å². The lowest BCUT2D eigenvalue weighted by Gasteiger charge is -2.32. The number of sulfonamides is 1. The van der Waals surface area contributed by atoms with Crippen LogP contribution in [0.3, 0.4) is 0 Å². The number of benzene rings is 2. The molecule has 1 fully saturated rings. The molecule has 0 saturated carbocycles. The summed E-state index contributed by atoms with van der Waals surface area (Å²) in [4.78, 5) is 17.7. The van der Waals surface area contributed by atoms with E-state index >= 15 is 0 Å². The van der Waals surface area contributed by atoms with Crippen LogP contribution in [0, 0.1) is 11.7 Å². The van der Waals surface area contributed by atoms with Crippen molar-refractivity contribution >= 4 is 15.9 Å². The van der Waals surface area contributed by atoms with Crippen molar-refractivity contribution in [2.24, 2.45) is 13.0 Å². The second-order valence-electron chi connectivity index (χ2n) is 8.27. The van der Waals surface area contributed by atoms with Gasteiger partial charge in [-0.3, -0.25) is 4.79 Å². The minimum absolute atomic E-state index is 0.0130. The molecule has 1 saturated heterocycles. The van der Waals surface area contributed by atoms with Crippen LogP contribution in [0.5, 0.6) is 5.75 Å². The van der Waals surface area contributed by atoms with Gasteiger partial charge in [-0.05, 0) is 54.8 Å². The van der Waals surface area contributed by atoms with E-state index in [0.717, 1.165) is 17.7 Å². The normalized spacial score (nSPS) is 17.8. The lowest BCUT2D eigenvalue weighted by molar-refractivity contribution is -0.126. The van der Waals surface area contributed by atoms with Crippen LogP contribution in [0.1, 0.15) is 30.3 Å². The van der Waals surface area contributed by atoms with E-state index in [1.54, 1.807) is 19.5 Å². The Labute approximate surface area is 198 Å². The fourth-order valence-electron chi connectivity index (χ4n) is 4.14. The number of carbonyl (C=O) groups is 1. The van der Waals surface area contributed by atoms with Crippen LogP contribution < -0.4 is 10.1 Å². The van der Waals surface area contributed by atoms with Crippen molar-refractivity contribution in [3.8, 4) is 5.75 Å². The summed E-state index contributed by atoms with van der Waals surface area (Å²) in [7, 11) is -0.392. The molecule has 1 N–H and O–H groups in total. The number of hydrogen-bond donors (Lipinski definition) is 1. The number of amides is 1. The fraction of sp³-hybridized carbons (Fsp3) is 0.333. The average molecular weight is 487 g/mol. The first-order valence-electron chi connectivity index (χ1n) is 11.0. The molecule has 8 nitrogen and oxygen atoms in total. The Bertz CT molecular complexity index is 1240. The summed E-state index contributed by atoms with van der Waals surface area (Å²) in [6, 6.07) is 11.6. The standard InChI is InChI=1S/C24H27FN4O4S/c1-28-15-13-26-23(28)22(17-5-9-20(33-2)10-6-17)27-24(30)18-4-3-14-29(16-18)34(31,32)21-11-7-19(25)8-12-21/h5-13,15,18,22H,3-4,14,16H2,1-2H3,(H,27,30)/t18-,22-/m0/s1. The molecular weight excluding hydrogens is 459 g/mol. The number of aromatic nitrogens is 2. The number of nitrogens with zero attached hydrogens (tertiary/aromatic N) is 3. The van der Waals surface area contributed by atoms with Crippen molar-refractivity contribution in [1.82, 2.24) is 19.2 Å². The zero-order valence-electron chi connectivity index (χ0n) is 19.0. The molecule has 1 aliphatic heterocycles. The van der Waals surface area contributed by atoms with Crippen LogP contribution in [0.25, 0.3) is 0 Å². The van der Waals surface area contributed by atoms with Crippen LogP contribution in [-0.2, 0) is 21.9 Å². The van der Waals surface area contributed by atoms with Gasteiger partial charge in [-0.15, -0.1) is 0 Å². The predicted molar refractivity (Wildman–Crippen MR) is 124 cm³/mol. The van der Waals surface area contributed by atoms with Crippen molar-refractivity contribution in [2.45, 2.75) is 23.8 Å². The Morgan fingerprint density at radius 3 is 2.50 bits per heavy atom. The van der Waals surface area contributed by atoms with Gasteiger partial charge >= 0.3 is 0 Å². The number of methoxy groups -OCH3 is 1. The molecule has 2 heterocycles. The molecule has 0 unspecified atom stereocenters. The highest BCUT2D eigenvalue weighted by Crippen LogP contribution is 2.27. The summed E-state index contributed by atoms with van der Waals surface area (Å²) < 4.78 is 47.7. The van der Waals surface area contributed by atoms with E-state index in [4.69, 9.17) is 4.74 Å². The summed E-state index contributed by atoms with van der Waals surface area (Å²) in [5.74, 6) is 0.0780. The zero-order valence-corrected chi connectivity index (χ0v) is 19.8. The molecule has 2 aromatic carbocycles. The SMILES string of the molecule is COc1ccc([C@H](NC(=O)[C@H]2CCCN(S(=O)(=O)c3ccc(F)cc3)C2)c2nccn2C)cc1. The van der Waals surface area contributed by atoms with Gasteiger partial charge in [-0.1, -0.05) is 12.1 Å². The number of nitrogens with one attached hydrogen (secondary N) is 1. The predicted octanol–water partition coefficient (Wildman–Crippen LogP) is 2.87. The monoisotopic (exact) mass is 486 g/mol. The molecule has 0 spiro atoms. The number of imidazole rings is 1. The smallest absolute Gasteiger partial charge is 0.243 e. The van der Waals surface area contributed by atoms with E-state index in [1.165, 1.54) is 16.4 Å². The van der Waals surface area contributed by atoms with Gasteiger partial charge in [0.2, 0.25) is 15.9 Å². The van der Waals surface area contributed by atoms with Crippen LogP contribution in [0.4, 0.5) is 4.39 Å². The number of carbonyl (C=O) groups excluding carboxylic acids is 1. The molecule has 10 heteroatoms. The minimum Gasteiger partial charge on any atom is -0.497 e. The lowest BCUT2D eigenvalue weighted by atomic mass is 9.97. The number of aryl methyl sites for hydroxylation is 1. The topological polar surface area (TPSA) is 93.5 Å². The van der Waals surface area contributed by atoms with E-state index in [1.807, 2.05) is 35.9 Å². The fourth-order valence-corrected chi connectivity index (χ4v) is 5.66. The first kappa shape index (κ1) is 23.9. The van der Waals surface area contributed by atoms with Gasteiger partial charge in [0.05, 0.1) is 17.9 Å². The van der Waals surface area contributed by atoms with Gasteiger partial charge in [-0.25, -0.2) is 17.8 Å². The molecule has 1 aromatic heterocycles. The summed E-state index contributed by atoms with van der Waals surface area (Å²) in [6.45, 7) is 0.367. The molecule has 34 heavy (non-hydrogen) atoms. The van der Waals surface area contributed by atoms with Crippen molar-refractivity contribution in [1.29, 1.82) is 0 Å². The summed E-state index contributed by atoms with van der Waals surface area (Å²) >= 11 is 0. The highest BCUT2D eigenvalue weighted by atomic mass is 32.2. The summed E-state index contributed by atoms with van der Waals surface area (Å²) in [5.41, 5.74) is 0.829. The summed E-state index contributed by atoms with van der Waals surface area (Å²) in [5, 5.41) is 3.07. The lowest BCUT2D eigenvalue weighted by Crippen LogP contribution is -2.46. The Balaban J connectivity index is 1.54. The van der Waals surface area contributed by atoms with Crippen LogP contribution in [0.2, 0.25) is 0 Å². The molecule has 1 aliphatic rings. The molecule has 3 aromatic rings. The van der Waals surface area contributed by atoms with E-state index in [2.05, 4.69) is 10.3 Å². The van der Waals surface area contributed by atoms with Gasteiger partial charge in [0.15, 0.2) is 0 Å². The average Bonchev–Trinajstić information content (AvgIpc) is 3.28. The van der Waals surface area contributed by atoms with Crippen LogP contribution in [-0.4, -0.2) is 48.4 Å². The van der Waals surface area contributed by atoms with Crippen molar-refractivity contribution < 1.29 is 22.3 Å². The van der Waals surface area contributed by atoms with E-state index in [0.29, 0.717) is 31.0 Å². The van der Waals surface area contributed by atoms with Gasteiger partial charge < -0.3 is 14.6 Å². The van der Waals surface area contributed by atoms with E-state index in [-0.39, 0.29) is 17.3 Å². The second-order valence-corrected chi connectivity index (χ2v) is 10.2. The maximum atomic E-state index is 13.3. The zero-order chi connectivity index (χ0) is 24.3. The Hall–Kier alpha value is -3.24. The largest absolute Gasteiger partial charge is 0.497 e. The van der Waals surface area contributed by atoms with Crippen LogP contribution in [0.15, 0.2) is 65.8 Å². The third-order valence-corrected chi connectivity index (χ3v) is 7.94. The maximum Gasteiger partial charge on any atom is 0.243 e. The number of halogens is 1. The molecule has 0 bridgehead atoms. The molecule has 0 aliphatic carbocycles. The highest BCUT2D eigenvalue weighted by molar-refractivity contribution is 7.89. The van der Waals surface area contributed by atoms with Crippen molar-refractivity contribution in [2.75, 3.05) is 20.2 Å². The van der Waals surface area contributed by atoms with E-state index in [9.17, 15) is 17.6 Å². The van der Waals surface area contributed by atoms with Gasteiger partial charge in [0, 0.05) is 32.5 Å². The first-order valence-corrected chi connectivity index (χ1v) is 12.4. The molecular formula is C24H27FN4O4S. The number of piperidine rings is 1. The number of ether oxygens (including phenoxy) is 1. The number of hydrogen-bond acceptors (Lipinski definition) is 5. The first-order chi connectivity index (χ1) is 16.3. The maximum absolute atomic E-state index is 13.3. The molecule has 1 amide bonds. The highest BCUT2D eigenvalue weighted by Gasteiger charge is 2.34. The Kier molecular flexibility index (Phi) is 6.99. The molecule has 180 valence electrons. The second kappa shape index (κ2) is 9.94. The van der Waals surface area contributed by atoms with Crippen molar-refractivity contribution in [3.05, 3.63) is 78.1 Å². The van der Waals surface area contributed by atoms with Crippen LogP contribution >= 0.6 is 0 Å². The third-order valence-electron chi connectivity index (χ3n) is 6.06. The third kappa shape index (κ3) is 4.97. The Morgan fingerprint density at radius 1 is 1.18 bits per heavy atom. The van der Waals surface area contributed by atoms with Gasteiger partial charge in [0.1, 0.15) is 23.4 Å².